The molecule has 0 aliphatic carbocycles. The average molecular weight is 356 g/mol. The number of nitriles is 1. The fourth-order valence-electron chi connectivity index (χ4n) is 2.79. The largest absolute Gasteiger partial charge is 0.489 e. The van der Waals surface area contributed by atoms with Gasteiger partial charge in [0.15, 0.2) is 0 Å². The normalized spacial score (nSPS) is 10.1. The maximum atomic E-state index is 11.4. The second-order valence-corrected chi connectivity index (χ2v) is 6.02. The van der Waals surface area contributed by atoms with Crippen molar-refractivity contribution in [2.75, 3.05) is 0 Å². The number of hydrogen-bond donors (Lipinski definition) is 0. The van der Waals surface area contributed by atoms with Crippen molar-refractivity contribution in [1.29, 1.82) is 5.26 Å². The smallest absolute Gasteiger partial charge is 0.317 e. The zero-order chi connectivity index (χ0) is 19.2. The lowest BCUT2D eigenvalue weighted by molar-refractivity contribution is 0.1000. The summed E-state index contributed by atoms with van der Waals surface area (Å²) in [5, 5.41) is 11.7. The summed E-state index contributed by atoms with van der Waals surface area (Å²) in [6.45, 7) is 2.09. The second kappa shape index (κ2) is 8.07. The van der Waals surface area contributed by atoms with Crippen molar-refractivity contribution in [2.45, 2.75) is 13.5 Å². The molecule has 27 heavy (non-hydrogen) atoms. The van der Waals surface area contributed by atoms with Gasteiger partial charge in [0.25, 0.3) is 0 Å². The highest BCUT2D eigenvalue weighted by molar-refractivity contribution is 5.96. The molecule has 3 aromatic rings. The van der Waals surface area contributed by atoms with Crippen LogP contribution in [0.3, 0.4) is 0 Å². The Kier molecular flexibility index (Phi) is 5.38. The summed E-state index contributed by atoms with van der Waals surface area (Å²) in [6, 6.07) is 22.4. The van der Waals surface area contributed by atoms with Gasteiger partial charge in [-0.2, -0.15) is 5.26 Å². The molecule has 0 bridgehead atoms. The van der Waals surface area contributed by atoms with Crippen molar-refractivity contribution < 1.29 is 9.53 Å². The first-order valence-corrected chi connectivity index (χ1v) is 8.32. The number of ether oxygens (including phenoxy) is 1. The Bertz CT molecular complexity index is 1030. The summed E-state index contributed by atoms with van der Waals surface area (Å²) >= 11 is 0. The van der Waals surface area contributed by atoms with Gasteiger partial charge in [-0.1, -0.05) is 42.5 Å². The van der Waals surface area contributed by atoms with Crippen molar-refractivity contribution in [2.24, 2.45) is 5.18 Å². The molecule has 132 valence electrons. The standard InChI is InChI=1S/C22H16N2O3/c1-15-12-19(10-11-20(15)22(25)24-26)27-14-16-6-8-17(9-7-16)21-5-3-2-4-18(21)13-23/h2-12H,14H2,1H3. The van der Waals surface area contributed by atoms with E-state index in [-0.39, 0.29) is 5.56 Å². The Morgan fingerprint density at radius 1 is 1.07 bits per heavy atom. The quantitative estimate of drug-likeness (QED) is 0.601. The molecule has 0 atom stereocenters. The Morgan fingerprint density at radius 3 is 2.48 bits per heavy atom. The monoisotopic (exact) mass is 356 g/mol. The van der Waals surface area contributed by atoms with Crippen molar-refractivity contribution in [3.63, 3.8) is 0 Å². The zero-order valence-corrected chi connectivity index (χ0v) is 14.7. The van der Waals surface area contributed by atoms with Gasteiger partial charge < -0.3 is 4.74 Å². The number of nitroso groups, excluding NO2 is 1. The Hall–Kier alpha value is -3.78. The molecule has 0 saturated carbocycles. The molecule has 0 aromatic heterocycles. The van der Waals surface area contributed by atoms with E-state index in [1.54, 1.807) is 25.1 Å². The van der Waals surface area contributed by atoms with Gasteiger partial charge in [-0.25, -0.2) is 0 Å². The summed E-state index contributed by atoms with van der Waals surface area (Å²) in [5.41, 5.74) is 4.39. The topological polar surface area (TPSA) is 79.5 Å². The third kappa shape index (κ3) is 4.07. The molecule has 0 saturated heterocycles. The van der Waals surface area contributed by atoms with Crippen LogP contribution in [0.1, 0.15) is 27.0 Å². The predicted octanol–water partition coefficient (Wildman–Crippen LogP) is 5.02. The van der Waals surface area contributed by atoms with Gasteiger partial charge in [0, 0.05) is 10.7 Å². The number of nitrogens with zero attached hydrogens (tertiary/aromatic N) is 2. The fraction of sp³-hybridized carbons (Fsp3) is 0.0909. The third-order valence-electron chi connectivity index (χ3n) is 4.23. The predicted molar refractivity (Wildman–Crippen MR) is 102 cm³/mol. The summed E-state index contributed by atoms with van der Waals surface area (Å²) in [4.78, 5) is 21.8. The van der Waals surface area contributed by atoms with Crippen LogP contribution in [0.2, 0.25) is 0 Å². The number of aryl methyl sites for hydroxylation is 1. The number of rotatable bonds is 5. The van der Waals surface area contributed by atoms with E-state index < -0.39 is 5.91 Å². The molecule has 3 aromatic carbocycles. The van der Waals surface area contributed by atoms with Gasteiger partial charge in [-0.15, -0.1) is 4.91 Å². The van der Waals surface area contributed by atoms with E-state index in [1.807, 2.05) is 42.5 Å². The first kappa shape index (κ1) is 18.0. The molecule has 1 amide bonds. The summed E-state index contributed by atoms with van der Waals surface area (Å²) in [5.74, 6) is -0.179. The molecule has 0 fully saturated rings. The van der Waals surface area contributed by atoms with Crippen LogP contribution >= 0.6 is 0 Å². The molecular formula is C22H16N2O3. The van der Waals surface area contributed by atoms with Gasteiger partial charge in [-0.3, -0.25) is 4.79 Å². The highest BCUT2D eigenvalue weighted by Crippen LogP contribution is 2.24. The van der Waals surface area contributed by atoms with E-state index in [2.05, 4.69) is 11.2 Å². The molecule has 3 rings (SSSR count). The highest BCUT2D eigenvalue weighted by Gasteiger charge is 2.10. The lowest BCUT2D eigenvalue weighted by atomic mass is 9.99. The Labute approximate surface area is 156 Å². The van der Waals surface area contributed by atoms with E-state index in [1.165, 1.54) is 6.07 Å². The van der Waals surface area contributed by atoms with Gasteiger partial charge in [0.2, 0.25) is 0 Å². The summed E-state index contributed by atoms with van der Waals surface area (Å²) in [6.07, 6.45) is 0. The van der Waals surface area contributed by atoms with Gasteiger partial charge in [0.05, 0.1) is 11.6 Å². The first-order valence-electron chi connectivity index (χ1n) is 8.32. The van der Waals surface area contributed by atoms with Crippen molar-refractivity contribution in [1.82, 2.24) is 0 Å². The lowest BCUT2D eigenvalue weighted by Crippen LogP contribution is -2.00. The van der Waals surface area contributed by atoms with Crippen LogP contribution in [-0.2, 0) is 6.61 Å². The van der Waals surface area contributed by atoms with Crippen LogP contribution in [0.15, 0.2) is 71.9 Å². The molecule has 0 N–H and O–H groups in total. The average Bonchev–Trinajstić information content (AvgIpc) is 2.72. The molecule has 0 aliphatic heterocycles. The maximum absolute atomic E-state index is 11.4. The van der Waals surface area contributed by atoms with Gasteiger partial charge >= 0.3 is 5.91 Å². The van der Waals surface area contributed by atoms with E-state index in [0.29, 0.717) is 23.5 Å². The number of hydrogen-bond acceptors (Lipinski definition) is 4. The summed E-state index contributed by atoms with van der Waals surface area (Å²) in [7, 11) is 0. The van der Waals surface area contributed by atoms with Crippen LogP contribution in [-0.4, -0.2) is 5.91 Å². The van der Waals surface area contributed by atoms with Gasteiger partial charge in [0.1, 0.15) is 12.4 Å². The second-order valence-electron chi connectivity index (χ2n) is 6.02. The first-order chi connectivity index (χ1) is 13.1. The molecule has 0 unspecified atom stereocenters. The highest BCUT2D eigenvalue weighted by atomic mass is 16.5. The molecule has 0 heterocycles. The van der Waals surface area contributed by atoms with Crippen molar-refractivity contribution >= 4 is 5.91 Å². The molecule has 0 spiro atoms. The van der Waals surface area contributed by atoms with Crippen LogP contribution in [0.5, 0.6) is 5.75 Å². The minimum Gasteiger partial charge on any atom is -0.489 e. The van der Waals surface area contributed by atoms with Crippen LogP contribution < -0.4 is 4.74 Å². The number of amides is 1. The van der Waals surface area contributed by atoms with Crippen LogP contribution in [0.4, 0.5) is 0 Å². The van der Waals surface area contributed by atoms with E-state index in [4.69, 9.17) is 4.74 Å². The maximum Gasteiger partial charge on any atom is 0.317 e. The minimum atomic E-state index is -0.785. The number of carbonyl (C=O) groups is 1. The van der Waals surface area contributed by atoms with Crippen LogP contribution in [0, 0.1) is 23.2 Å². The van der Waals surface area contributed by atoms with Crippen molar-refractivity contribution in [3.05, 3.63) is 93.9 Å². The third-order valence-corrected chi connectivity index (χ3v) is 4.23. The van der Waals surface area contributed by atoms with E-state index in [9.17, 15) is 15.0 Å². The molecule has 5 nitrogen and oxygen atoms in total. The Morgan fingerprint density at radius 2 is 1.81 bits per heavy atom. The SMILES string of the molecule is Cc1cc(OCc2ccc(-c3ccccc3C#N)cc2)ccc1C(=O)N=O. The Balaban J connectivity index is 1.71. The summed E-state index contributed by atoms with van der Waals surface area (Å²) < 4.78 is 5.76. The fourth-order valence-corrected chi connectivity index (χ4v) is 2.79. The van der Waals surface area contributed by atoms with Gasteiger partial charge in [-0.05, 0) is 53.4 Å². The van der Waals surface area contributed by atoms with E-state index >= 15 is 0 Å². The minimum absolute atomic E-state index is 0.276. The molecule has 0 radical (unpaired) electrons. The number of benzene rings is 3. The molecule has 5 heteroatoms. The van der Waals surface area contributed by atoms with E-state index in [0.717, 1.165) is 16.7 Å². The molecule has 0 aliphatic rings. The lowest BCUT2D eigenvalue weighted by Gasteiger charge is -2.09. The van der Waals surface area contributed by atoms with Crippen LogP contribution in [0.25, 0.3) is 11.1 Å². The van der Waals surface area contributed by atoms with Crippen molar-refractivity contribution in [3.8, 4) is 22.9 Å². The number of carbonyl (C=O) groups excluding carboxylic acids is 1. The zero-order valence-electron chi connectivity index (χ0n) is 14.7. The molecular weight excluding hydrogens is 340 g/mol.